The molecule has 1 aromatic rings. The number of hydrogen-bond acceptors (Lipinski definition) is 7. The number of nitrogen functional groups attached to an aromatic ring is 1. The summed E-state index contributed by atoms with van der Waals surface area (Å²) < 4.78 is 1.51. The van der Waals surface area contributed by atoms with Crippen LogP contribution in [0.2, 0.25) is 0 Å². The Balaban J connectivity index is 1.89. The number of carbonyl (C=O) groups excluding carboxylic acids is 1. The second-order valence-corrected chi connectivity index (χ2v) is 7.95. The van der Waals surface area contributed by atoms with Crippen LogP contribution in [0.25, 0.3) is 0 Å². The molecular weight excluding hydrogens is 326 g/mol. The molecule has 1 aromatic heterocycles. The lowest BCUT2D eigenvalue weighted by Gasteiger charge is -2.17. The summed E-state index contributed by atoms with van der Waals surface area (Å²) in [6.07, 6.45) is 1.19. The van der Waals surface area contributed by atoms with Crippen molar-refractivity contribution in [1.29, 1.82) is 0 Å². The summed E-state index contributed by atoms with van der Waals surface area (Å²) in [7, 11) is 0. The molecule has 1 atom stereocenters. The van der Waals surface area contributed by atoms with E-state index in [1.54, 1.807) is 16.7 Å². The molecule has 2 N–H and O–H groups in total. The third-order valence-corrected chi connectivity index (χ3v) is 6.76. The van der Waals surface area contributed by atoms with Crippen LogP contribution in [-0.4, -0.2) is 61.3 Å². The minimum absolute atomic E-state index is 0.106. The van der Waals surface area contributed by atoms with Gasteiger partial charge in [-0.3, -0.25) is 4.79 Å². The van der Waals surface area contributed by atoms with Crippen LogP contribution in [0.1, 0.15) is 20.3 Å². The first-order valence-electron chi connectivity index (χ1n) is 7.01. The Labute approximate surface area is 138 Å². The summed E-state index contributed by atoms with van der Waals surface area (Å²) in [6, 6.07) is 0. The number of rotatable bonds is 7. The molecule has 0 spiro atoms. The van der Waals surface area contributed by atoms with Crippen molar-refractivity contribution in [3.63, 3.8) is 0 Å². The number of nitrogens with two attached hydrogens (primary N) is 1. The summed E-state index contributed by atoms with van der Waals surface area (Å²) in [5, 5.41) is 10.1. The van der Waals surface area contributed by atoms with Crippen LogP contribution in [0.4, 0.5) is 0 Å². The topological polar surface area (TPSA) is 77.0 Å². The molecule has 0 aromatic carbocycles. The van der Waals surface area contributed by atoms with E-state index in [0.717, 1.165) is 24.0 Å². The molecule has 1 fully saturated rings. The molecule has 1 aliphatic rings. The Morgan fingerprint density at radius 1 is 1.43 bits per heavy atom. The lowest BCUT2D eigenvalue weighted by atomic mass is 10.4. The number of hydrogen-bond donors (Lipinski definition) is 1. The van der Waals surface area contributed by atoms with E-state index < -0.39 is 0 Å². The lowest BCUT2D eigenvalue weighted by molar-refractivity contribution is -0.127. The molecule has 0 bridgehead atoms. The number of thioether (sulfide) groups is 3. The van der Waals surface area contributed by atoms with Gasteiger partial charge in [-0.05, 0) is 26.0 Å². The average Bonchev–Trinajstić information content (AvgIpc) is 3.10. The van der Waals surface area contributed by atoms with Gasteiger partial charge in [-0.2, -0.15) is 11.8 Å². The summed E-state index contributed by atoms with van der Waals surface area (Å²) >= 11 is 4.99. The van der Waals surface area contributed by atoms with E-state index in [-0.39, 0.29) is 5.91 Å². The van der Waals surface area contributed by atoms with Crippen LogP contribution in [0.3, 0.4) is 0 Å². The Morgan fingerprint density at radius 2 is 2.14 bits per heavy atom. The molecule has 1 amide bonds. The summed E-state index contributed by atoms with van der Waals surface area (Å²) in [6.45, 7) is 5.41. The van der Waals surface area contributed by atoms with Gasteiger partial charge in [-0.15, -0.1) is 10.2 Å². The van der Waals surface area contributed by atoms with Gasteiger partial charge in [0.15, 0.2) is 0 Å². The zero-order valence-corrected chi connectivity index (χ0v) is 14.8. The van der Waals surface area contributed by atoms with Gasteiger partial charge in [-0.1, -0.05) is 23.5 Å². The van der Waals surface area contributed by atoms with Gasteiger partial charge in [0.2, 0.25) is 16.2 Å². The lowest BCUT2D eigenvalue weighted by Crippen LogP contribution is -2.32. The fourth-order valence-corrected chi connectivity index (χ4v) is 5.39. The summed E-state index contributed by atoms with van der Waals surface area (Å²) in [4.78, 5) is 13.8. The monoisotopic (exact) mass is 347 g/mol. The highest BCUT2D eigenvalue weighted by Gasteiger charge is 2.21. The molecule has 21 heavy (non-hydrogen) atoms. The molecule has 0 unspecified atom stereocenters. The van der Waals surface area contributed by atoms with Gasteiger partial charge >= 0.3 is 0 Å². The molecule has 1 aliphatic heterocycles. The Kier molecular flexibility index (Phi) is 6.56. The molecule has 2 heterocycles. The third-order valence-electron chi connectivity index (χ3n) is 3.23. The van der Waals surface area contributed by atoms with E-state index >= 15 is 0 Å². The maximum absolute atomic E-state index is 12.0. The number of nitrogens with zero attached hydrogens (tertiary/aromatic N) is 4. The standard InChI is InChI=1S/C12H21N5OS3/c1-3-16(4-2)10(18)8-20-11-14-15-12(17(11)13)21-9-5-6-19-7-9/h9H,3-8,13H2,1-2H3/t9-/m1/s1. The zero-order chi connectivity index (χ0) is 15.2. The maximum atomic E-state index is 12.0. The predicted octanol–water partition coefficient (Wildman–Crippen LogP) is 1.55. The molecular formula is C12H21N5OS3. The first kappa shape index (κ1) is 16.8. The van der Waals surface area contributed by atoms with Crippen LogP contribution in [0, 0.1) is 0 Å². The Bertz CT molecular complexity index is 471. The van der Waals surface area contributed by atoms with Crippen molar-refractivity contribution >= 4 is 41.2 Å². The number of amides is 1. The van der Waals surface area contributed by atoms with Gasteiger partial charge in [0, 0.05) is 24.1 Å². The highest BCUT2D eigenvalue weighted by Crippen LogP contribution is 2.32. The van der Waals surface area contributed by atoms with E-state index in [0.29, 0.717) is 16.2 Å². The van der Waals surface area contributed by atoms with E-state index in [9.17, 15) is 4.79 Å². The predicted molar refractivity (Wildman–Crippen MR) is 90.4 cm³/mol. The molecule has 6 nitrogen and oxygen atoms in total. The van der Waals surface area contributed by atoms with Crippen LogP contribution >= 0.6 is 35.3 Å². The van der Waals surface area contributed by atoms with Crippen molar-refractivity contribution in [2.75, 3.05) is 36.2 Å². The molecule has 1 saturated heterocycles. The van der Waals surface area contributed by atoms with E-state index in [4.69, 9.17) is 5.84 Å². The SMILES string of the molecule is CCN(CC)C(=O)CSc1nnc(S[C@@H]2CCSC2)n1N. The number of carbonyl (C=O) groups is 1. The van der Waals surface area contributed by atoms with Crippen LogP contribution in [0.15, 0.2) is 10.3 Å². The molecule has 0 radical (unpaired) electrons. The van der Waals surface area contributed by atoms with Gasteiger partial charge in [0.1, 0.15) is 0 Å². The zero-order valence-electron chi connectivity index (χ0n) is 12.3. The van der Waals surface area contributed by atoms with Crippen molar-refractivity contribution in [1.82, 2.24) is 19.8 Å². The van der Waals surface area contributed by atoms with Gasteiger partial charge in [-0.25, -0.2) is 4.68 Å². The smallest absolute Gasteiger partial charge is 0.233 e. The van der Waals surface area contributed by atoms with Gasteiger partial charge in [0.05, 0.1) is 5.75 Å². The third kappa shape index (κ3) is 4.46. The Morgan fingerprint density at radius 3 is 2.76 bits per heavy atom. The van der Waals surface area contributed by atoms with Crippen molar-refractivity contribution in [3.05, 3.63) is 0 Å². The van der Waals surface area contributed by atoms with E-state index in [1.165, 1.54) is 28.6 Å². The van der Waals surface area contributed by atoms with Crippen LogP contribution < -0.4 is 5.84 Å². The minimum Gasteiger partial charge on any atom is -0.343 e. The highest BCUT2D eigenvalue weighted by atomic mass is 32.2. The average molecular weight is 348 g/mol. The summed E-state index contributed by atoms with van der Waals surface area (Å²) in [5.74, 6) is 8.83. The molecule has 2 rings (SSSR count). The second-order valence-electron chi connectivity index (χ2n) is 4.59. The second kappa shape index (κ2) is 8.19. The number of aromatic nitrogens is 3. The van der Waals surface area contributed by atoms with Gasteiger partial charge in [0.25, 0.3) is 0 Å². The fourth-order valence-electron chi connectivity index (χ4n) is 1.99. The fraction of sp³-hybridized carbons (Fsp3) is 0.750. The molecule has 118 valence electrons. The normalized spacial score (nSPS) is 18.1. The maximum Gasteiger partial charge on any atom is 0.233 e. The largest absolute Gasteiger partial charge is 0.343 e. The van der Waals surface area contributed by atoms with E-state index in [2.05, 4.69) is 10.2 Å². The van der Waals surface area contributed by atoms with Crippen molar-refractivity contribution < 1.29 is 4.79 Å². The van der Waals surface area contributed by atoms with Crippen molar-refractivity contribution in [2.45, 2.75) is 35.8 Å². The van der Waals surface area contributed by atoms with Crippen molar-refractivity contribution in [2.24, 2.45) is 0 Å². The first-order chi connectivity index (χ1) is 10.2. The molecule has 0 aliphatic carbocycles. The summed E-state index contributed by atoms with van der Waals surface area (Å²) in [5.41, 5.74) is 0. The molecule has 9 heteroatoms. The Hall–Kier alpha value is -0.540. The van der Waals surface area contributed by atoms with Crippen LogP contribution in [0.5, 0.6) is 0 Å². The first-order valence-corrected chi connectivity index (χ1v) is 10.0. The van der Waals surface area contributed by atoms with Gasteiger partial charge < -0.3 is 10.7 Å². The van der Waals surface area contributed by atoms with Crippen LogP contribution in [-0.2, 0) is 4.79 Å². The highest BCUT2D eigenvalue weighted by molar-refractivity contribution is 8.04. The van der Waals surface area contributed by atoms with E-state index in [1.807, 2.05) is 25.6 Å². The van der Waals surface area contributed by atoms with Crippen molar-refractivity contribution in [3.8, 4) is 0 Å². The quantitative estimate of drug-likeness (QED) is 0.592. The minimum atomic E-state index is 0.106. The molecule has 0 saturated carbocycles.